The van der Waals surface area contributed by atoms with Gasteiger partial charge in [-0.3, -0.25) is 9.59 Å². The van der Waals surface area contributed by atoms with Gasteiger partial charge in [-0.2, -0.15) is 0 Å². The summed E-state index contributed by atoms with van der Waals surface area (Å²) in [5.74, 6) is -1.04. The van der Waals surface area contributed by atoms with Crippen LogP contribution in [0.4, 0.5) is 5.69 Å². The number of nitrogens with zero attached hydrogens (tertiary/aromatic N) is 1. The van der Waals surface area contributed by atoms with E-state index >= 15 is 0 Å². The molecule has 4 rings (SSSR count). The normalized spacial score (nSPS) is 15.5. The number of nitrogens with one attached hydrogen (secondary N) is 1. The van der Waals surface area contributed by atoms with E-state index in [2.05, 4.69) is 22.0 Å². The molecule has 1 amide bonds. The van der Waals surface area contributed by atoms with Crippen LogP contribution < -0.4 is 5.32 Å². The standard InChI is InChI=1S/C26H27ClN2O4/c27-22-9-8-19(16-24(30)31)15-23(22)28-26(32)21-10-13-29(25(21)20-11-14-33-17-20)12-4-7-18-5-2-1-3-6-18/h1-3,5-6,8-10,13,15,20H,4,7,11-12,14,16-17H2,(H,28,32)(H,30,31). The Kier molecular flexibility index (Phi) is 7.47. The summed E-state index contributed by atoms with van der Waals surface area (Å²) in [5, 5.41) is 12.3. The number of ether oxygens (including phenoxy) is 1. The van der Waals surface area contributed by atoms with Crippen LogP contribution in [0.25, 0.3) is 0 Å². The first-order valence-corrected chi connectivity index (χ1v) is 11.5. The van der Waals surface area contributed by atoms with Gasteiger partial charge in [-0.15, -0.1) is 0 Å². The molecule has 1 atom stereocenters. The molecule has 1 fully saturated rings. The maximum absolute atomic E-state index is 13.2. The van der Waals surface area contributed by atoms with Crippen molar-refractivity contribution < 1.29 is 19.4 Å². The lowest BCUT2D eigenvalue weighted by Gasteiger charge is -2.17. The molecule has 7 heteroatoms. The number of hydrogen-bond acceptors (Lipinski definition) is 3. The van der Waals surface area contributed by atoms with Crippen LogP contribution in [-0.2, 0) is 28.9 Å². The third-order valence-electron chi connectivity index (χ3n) is 5.91. The van der Waals surface area contributed by atoms with Crippen LogP contribution in [0.2, 0.25) is 5.02 Å². The number of carboxylic acid groups (broad SMARTS) is 1. The van der Waals surface area contributed by atoms with Gasteiger partial charge < -0.3 is 19.7 Å². The summed E-state index contributed by atoms with van der Waals surface area (Å²) in [7, 11) is 0. The Morgan fingerprint density at radius 2 is 1.94 bits per heavy atom. The van der Waals surface area contributed by atoms with Gasteiger partial charge in [0.05, 0.1) is 29.3 Å². The Morgan fingerprint density at radius 3 is 2.67 bits per heavy atom. The van der Waals surface area contributed by atoms with E-state index in [1.165, 1.54) is 5.56 Å². The fourth-order valence-corrected chi connectivity index (χ4v) is 4.48. The SMILES string of the molecule is O=C(O)Cc1ccc(Cl)c(NC(=O)c2ccn(CCCc3ccccc3)c2C2CCOC2)c1. The second-order valence-corrected chi connectivity index (χ2v) is 8.70. The predicted molar refractivity (Wildman–Crippen MR) is 128 cm³/mol. The molecule has 172 valence electrons. The highest BCUT2D eigenvalue weighted by molar-refractivity contribution is 6.34. The fraction of sp³-hybridized carbons (Fsp3) is 0.308. The molecule has 0 spiro atoms. The number of halogens is 1. The van der Waals surface area contributed by atoms with Crippen molar-refractivity contribution in [3.63, 3.8) is 0 Å². The molecule has 3 aromatic rings. The average molecular weight is 467 g/mol. The zero-order chi connectivity index (χ0) is 23.2. The summed E-state index contributed by atoms with van der Waals surface area (Å²) in [5.41, 5.74) is 3.86. The van der Waals surface area contributed by atoms with E-state index in [-0.39, 0.29) is 18.2 Å². The number of carbonyl (C=O) groups is 2. The van der Waals surface area contributed by atoms with Gasteiger partial charge in [0.2, 0.25) is 0 Å². The highest BCUT2D eigenvalue weighted by atomic mass is 35.5. The quantitative estimate of drug-likeness (QED) is 0.456. The zero-order valence-corrected chi connectivity index (χ0v) is 19.1. The van der Waals surface area contributed by atoms with Crippen LogP contribution in [0.15, 0.2) is 60.8 Å². The molecule has 2 heterocycles. The summed E-state index contributed by atoms with van der Waals surface area (Å²) in [6.45, 7) is 2.09. The van der Waals surface area contributed by atoms with Crippen LogP contribution in [0.3, 0.4) is 0 Å². The number of amides is 1. The monoisotopic (exact) mass is 466 g/mol. The third kappa shape index (κ3) is 5.83. The van der Waals surface area contributed by atoms with Gasteiger partial charge >= 0.3 is 5.97 Å². The number of aromatic nitrogens is 1. The second-order valence-electron chi connectivity index (χ2n) is 8.30. The lowest BCUT2D eigenvalue weighted by molar-refractivity contribution is -0.136. The van der Waals surface area contributed by atoms with Gasteiger partial charge in [-0.05, 0) is 48.6 Å². The number of benzene rings is 2. The molecule has 0 aliphatic carbocycles. The number of carbonyl (C=O) groups excluding carboxylic acids is 1. The zero-order valence-electron chi connectivity index (χ0n) is 18.3. The summed E-state index contributed by atoms with van der Waals surface area (Å²) in [6.07, 6.45) is 4.63. The van der Waals surface area contributed by atoms with E-state index in [1.807, 2.05) is 30.5 Å². The summed E-state index contributed by atoms with van der Waals surface area (Å²) >= 11 is 6.28. The predicted octanol–water partition coefficient (Wildman–Crippen LogP) is 5.16. The first-order chi connectivity index (χ1) is 16.0. The highest BCUT2D eigenvalue weighted by Crippen LogP contribution is 2.31. The van der Waals surface area contributed by atoms with E-state index in [0.717, 1.165) is 31.5 Å². The Hall–Kier alpha value is -3.09. The van der Waals surface area contributed by atoms with E-state index in [9.17, 15) is 9.59 Å². The highest BCUT2D eigenvalue weighted by Gasteiger charge is 2.27. The Labute approximate surface area is 198 Å². The Balaban J connectivity index is 1.53. The first-order valence-electron chi connectivity index (χ1n) is 11.1. The molecule has 1 aromatic heterocycles. The maximum atomic E-state index is 13.2. The molecule has 0 radical (unpaired) electrons. The topological polar surface area (TPSA) is 80.6 Å². The minimum Gasteiger partial charge on any atom is -0.481 e. The Bertz CT molecular complexity index is 1120. The molecule has 1 aliphatic rings. The molecule has 33 heavy (non-hydrogen) atoms. The van der Waals surface area contributed by atoms with Gasteiger partial charge in [-0.1, -0.05) is 48.0 Å². The van der Waals surface area contributed by atoms with Crippen molar-refractivity contribution in [2.45, 2.75) is 38.1 Å². The summed E-state index contributed by atoms with van der Waals surface area (Å²) < 4.78 is 7.78. The van der Waals surface area contributed by atoms with Crippen LogP contribution in [0.5, 0.6) is 0 Å². The summed E-state index contributed by atoms with van der Waals surface area (Å²) in [6, 6.07) is 17.1. The fourth-order valence-electron chi connectivity index (χ4n) is 4.32. The van der Waals surface area contributed by atoms with Gasteiger partial charge in [0.15, 0.2) is 0 Å². The largest absolute Gasteiger partial charge is 0.481 e. The minimum atomic E-state index is -0.939. The molecule has 1 saturated heterocycles. The number of hydrogen-bond donors (Lipinski definition) is 2. The number of rotatable bonds is 9. The average Bonchev–Trinajstić information content (AvgIpc) is 3.46. The minimum absolute atomic E-state index is 0.136. The number of anilines is 1. The van der Waals surface area contributed by atoms with Gasteiger partial charge in [-0.25, -0.2) is 0 Å². The smallest absolute Gasteiger partial charge is 0.307 e. The molecule has 6 nitrogen and oxygen atoms in total. The second kappa shape index (κ2) is 10.7. The van der Waals surface area contributed by atoms with Gasteiger partial charge in [0, 0.05) is 31.0 Å². The van der Waals surface area contributed by atoms with E-state index in [0.29, 0.717) is 35.1 Å². The van der Waals surface area contributed by atoms with Crippen LogP contribution in [0.1, 0.15) is 45.9 Å². The molecule has 0 bridgehead atoms. The Morgan fingerprint density at radius 1 is 1.12 bits per heavy atom. The maximum Gasteiger partial charge on any atom is 0.307 e. The van der Waals surface area contributed by atoms with Crippen molar-refractivity contribution >= 4 is 29.2 Å². The van der Waals surface area contributed by atoms with Crippen molar-refractivity contribution in [3.05, 3.63) is 88.2 Å². The van der Waals surface area contributed by atoms with Crippen molar-refractivity contribution in [2.75, 3.05) is 18.5 Å². The summed E-state index contributed by atoms with van der Waals surface area (Å²) in [4.78, 5) is 24.3. The van der Waals surface area contributed by atoms with Crippen molar-refractivity contribution in [3.8, 4) is 0 Å². The van der Waals surface area contributed by atoms with Crippen molar-refractivity contribution in [2.24, 2.45) is 0 Å². The van der Waals surface area contributed by atoms with Crippen molar-refractivity contribution in [1.82, 2.24) is 4.57 Å². The van der Waals surface area contributed by atoms with Crippen LogP contribution >= 0.6 is 11.6 Å². The third-order valence-corrected chi connectivity index (χ3v) is 6.24. The molecule has 2 N–H and O–H groups in total. The van der Waals surface area contributed by atoms with E-state index < -0.39 is 5.97 Å². The molecule has 1 aliphatic heterocycles. The molecular formula is C26H27ClN2O4. The lowest BCUT2D eigenvalue weighted by Crippen LogP contribution is -2.18. The molecule has 2 aromatic carbocycles. The van der Waals surface area contributed by atoms with Gasteiger partial charge in [0.1, 0.15) is 0 Å². The van der Waals surface area contributed by atoms with Gasteiger partial charge in [0.25, 0.3) is 5.91 Å². The molecule has 0 saturated carbocycles. The molecular weight excluding hydrogens is 440 g/mol. The van der Waals surface area contributed by atoms with Crippen LogP contribution in [0, 0.1) is 0 Å². The van der Waals surface area contributed by atoms with Crippen LogP contribution in [-0.4, -0.2) is 34.8 Å². The van der Waals surface area contributed by atoms with Crippen molar-refractivity contribution in [1.29, 1.82) is 0 Å². The lowest BCUT2D eigenvalue weighted by atomic mass is 10.00. The van der Waals surface area contributed by atoms with E-state index in [4.69, 9.17) is 21.4 Å². The first kappa shape index (κ1) is 23.1. The molecule has 1 unspecified atom stereocenters. The van der Waals surface area contributed by atoms with E-state index in [1.54, 1.807) is 18.2 Å². The number of carboxylic acids is 1. The number of aliphatic carboxylic acids is 1. The number of aryl methyl sites for hydroxylation is 2.